The van der Waals surface area contributed by atoms with Crippen LogP contribution in [-0.4, -0.2) is 16.3 Å². The van der Waals surface area contributed by atoms with Gasteiger partial charge in [-0.3, -0.25) is 4.68 Å². The quantitative estimate of drug-likeness (QED) is 0.877. The van der Waals surface area contributed by atoms with Crippen LogP contribution in [0.5, 0.6) is 0 Å². The minimum atomic E-state index is -0.201. The molecule has 2 N–H and O–H groups in total. The lowest BCUT2D eigenvalue weighted by molar-refractivity contribution is 0.521. The van der Waals surface area contributed by atoms with E-state index in [1.807, 2.05) is 31.4 Å². The van der Waals surface area contributed by atoms with Crippen molar-refractivity contribution in [1.82, 2.24) is 9.78 Å². The number of aromatic nitrogens is 2. The highest BCUT2D eigenvalue weighted by Crippen LogP contribution is 2.13. The van der Waals surface area contributed by atoms with Crippen molar-refractivity contribution in [3.8, 4) is 0 Å². The number of hydrogen-bond donors (Lipinski definition) is 1. The minimum Gasteiger partial charge on any atom is -0.330 e. The second kappa shape index (κ2) is 5.78. The molecule has 0 spiro atoms. The SMILES string of the molecule is Cn1ccc(CC(CN)Cc2ccc(F)cc2)n1. The molecule has 0 aliphatic rings. The predicted octanol–water partition coefficient (Wildman–Crippen LogP) is 1.92. The Balaban J connectivity index is 1.99. The molecule has 3 nitrogen and oxygen atoms in total. The van der Waals surface area contributed by atoms with Gasteiger partial charge in [-0.2, -0.15) is 5.10 Å². The van der Waals surface area contributed by atoms with E-state index in [4.69, 9.17) is 5.73 Å². The second-order valence-corrected chi connectivity index (χ2v) is 4.62. The molecule has 0 saturated heterocycles. The van der Waals surface area contributed by atoms with Crippen LogP contribution in [0.25, 0.3) is 0 Å². The molecule has 2 aromatic rings. The Bertz CT molecular complexity index is 490. The summed E-state index contributed by atoms with van der Waals surface area (Å²) in [5.74, 6) is 0.137. The van der Waals surface area contributed by atoms with Gasteiger partial charge in [-0.15, -0.1) is 0 Å². The normalized spacial score (nSPS) is 12.6. The van der Waals surface area contributed by atoms with Gasteiger partial charge in [0.15, 0.2) is 0 Å². The van der Waals surface area contributed by atoms with Crippen molar-refractivity contribution >= 4 is 0 Å². The summed E-state index contributed by atoms with van der Waals surface area (Å²) in [5.41, 5.74) is 7.96. The van der Waals surface area contributed by atoms with Crippen LogP contribution in [0.3, 0.4) is 0 Å². The van der Waals surface area contributed by atoms with Crippen molar-refractivity contribution in [2.75, 3.05) is 6.54 Å². The van der Waals surface area contributed by atoms with Crippen LogP contribution in [-0.2, 0) is 19.9 Å². The third-order valence-electron chi connectivity index (χ3n) is 3.04. The van der Waals surface area contributed by atoms with E-state index >= 15 is 0 Å². The summed E-state index contributed by atoms with van der Waals surface area (Å²) in [6.07, 6.45) is 3.64. The van der Waals surface area contributed by atoms with Gasteiger partial charge in [-0.1, -0.05) is 12.1 Å². The van der Waals surface area contributed by atoms with Gasteiger partial charge in [0.2, 0.25) is 0 Å². The summed E-state index contributed by atoms with van der Waals surface area (Å²) in [6, 6.07) is 8.62. The predicted molar refractivity (Wildman–Crippen MR) is 69.6 cm³/mol. The molecule has 1 atom stereocenters. The lowest BCUT2D eigenvalue weighted by atomic mass is 9.95. The summed E-state index contributed by atoms with van der Waals surface area (Å²) < 4.78 is 14.6. The Hall–Kier alpha value is -1.68. The number of rotatable bonds is 5. The van der Waals surface area contributed by atoms with Gasteiger partial charge in [0.1, 0.15) is 5.82 Å². The Kier molecular flexibility index (Phi) is 4.10. The fourth-order valence-corrected chi connectivity index (χ4v) is 2.06. The molecule has 0 radical (unpaired) electrons. The van der Waals surface area contributed by atoms with Crippen LogP contribution in [0, 0.1) is 11.7 Å². The highest BCUT2D eigenvalue weighted by atomic mass is 19.1. The van der Waals surface area contributed by atoms with Crippen LogP contribution in [0.15, 0.2) is 36.5 Å². The first kappa shape index (κ1) is 12.8. The molecule has 0 bridgehead atoms. The van der Waals surface area contributed by atoms with Crippen molar-refractivity contribution in [3.05, 3.63) is 53.6 Å². The highest BCUT2D eigenvalue weighted by molar-refractivity contribution is 5.17. The molecule has 1 heterocycles. The van der Waals surface area contributed by atoms with E-state index in [1.54, 1.807) is 4.68 Å². The number of halogens is 1. The second-order valence-electron chi connectivity index (χ2n) is 4.62. The topological polar surface area (TPSA) is 43.8 Å². The molecule has 1 aromatic carbocycles. The Morgan fingerprint density at radius 2 is 1.94 bits per heavy atom. The Morgan fingerprint density at radius 1 is 1.22 bits per heavy atom. The van der Waals surface area contributed by atoms with Crippen LogP contribution >= 0.6 is 0 Å². The third-order valence-corrected chi connectivity index (χ3v) is 3.04. The Labute approximate surface area is 106 Å². The van der Waals surface area contributed by atoms with E-state index < -0.39 is 0 Å². The molecular weight excluding hydrogens is 229 g/mol. The fraction of sp³-hybridized carbons (Fsp3) is 0.357. The molecule has 2 rings (SSSR count). The number of nitrogens with zero attached hydrogens (tertiary/aromatic N) is 2. The van der Waals surface area contributed by atoms with Gasteiger partial charge in [0.25, 0.3) is 0 Å². The van der Waals surface area contributed by atoms with Crippen molar-refractivity contribution < 1.29 is 4.39 Å². The van der Waals surface area contributed by atoms with E-state index in [0.717, 1.165) is 24.1 Å². The van der Waals surface area contributed by atoms with Gasteiger partial charge in [-0.25, -0.2) is 4.39 Å². The van der Waals surface area contributed by atoms with Gasteiger partial charge in [0, 0.05) is 13.2 Å². The number of hydrogen-bond acceptors (Lipinski definition) is 2. The van der Waals surface area contributed by atoms with Gasteiger partial charge >= 0.3 is 0 Å². The zero-order chi connectivity index (χ0) is 13.0. The van der Waals surface area contributed by atoms with Crippen LogP contribution in [0.2, 0.25) is 0 Å². The summed E-state index contributed by atoms with van der Waals surface area (Å²) in [4.78, 5) is 0. The van der Waals surface area contributed by atoms with Gasteiger partial charge in [0.05, 0.1) is 5.69 Å². The number of nitrogens with two attached hydrogens (primary N) is 1. The van der Waals surface area contributed by atoms with Crippen molar-refractivity contribution in [2.45, 2.75) is 12.8 Å². The van der Waals surface area contributed by atoms with Crippen molar-refractivity contribution in [1.29, 1.82) is 0 Å². The summed E-state index contributed by atoms with van der Waals surface area (Å²) in [7, 11) is 1.90. The van der Waals surface area contributed by atoms with Crippen molar-refractivity contribution in [3.63, 3.8) is 0 Å². The number of aryl methyl sites for hydroxylation is 1. The monoisotopic (exact) mass is 247 g/mol. The summed E-state index contributed by atoms with van der Waals surface area (Å²) in [5, 5.41) is 4.36. The van der Waals surface area contributed by atoms with E-state index in [1.165, 1.54) is 12.1 Å². The molecular formula is C14H18FN3. The maximum atomic E-state index is 12.8. The lowest BCUT2D eigenvalue weighted by Crippen LogP contribution is -2.19. The smallest absolute Gasteiger partial charge is 0.123 e. The average molecular weight is 247 g/mol. The Morgan fingerprint density at radius 3 is 2.50 bits per heavy atom. The summed E-state index contributed by atoms with van der Waals surface area (Å²) in [6.45, 7) is 0.605. The molecule has 0 fully saturated rings. The van der Waals surface area contributed by atoms with E-state index in [0.29, 0.717) is 12.5 Å². The average Bonchev–Trinajstić information content (AvgIpc) is 2.77. The largest absolute Gasteiger partial charge is 0.330 e. The maximum absolute atomic E-state index is 12.8. The number of benzene rings is 1. The standard InChI is InChI=1S/C14H18FN3/c1-18-7-6-14(17-18)9-12(10-16)8-11-2-4-13(15)5-3-11/h2-7,12H,8-10,16H2,1H3. The molecule has 18 heavy (non-hydrogen) atoms. The molecule has 0 aliphatic carbocycles. The molecule has 0 saturated carbocycles. The zero-order valence-corrected chi connectivity index (χ0v) is 10.5. The van der Waals surface area contributed by atoms with Gasteiger partial charge < -0.3 is 5.73 Å². The van der Waals surface area contributed by atoms with Gasteiger partial charge in [-0.05, 0) is 49.1 Å². The van der Waals surface area contributed by atoms with E-state index in [9.17, 15) is 4.39 Å². The summed E-state index contributed by atoms with van der Waals surface area (Å²) >= 11 is 0. The zero-order valence-electron chi connectivity index (χ0n) is 10.5. The molecule has 4 heteroatoms. The van der Waals surface area contributed by atoms with E-state index in [-0.39, 0.29) is 5.82 Å². The molecule has 96 valence electrons. The molecule has 0 amide bonds. The van der Waals surface area contributed by atoms with E-state index in [2.05, 4.69) is 5.10 Å². The first-order valence-electron chi connectivity index (χ1n) is 6.10. The lowest BCUT2D eigenvalue weighted by Gasteiger charge is -2.13. The maximum Gasteiger partial charge on any atom is 0.123 e. The molecule has 1 aromatic heterocycles. The van der Waals surface area contributed by atoms with Crippen LogP contribution in [0.4, 0.5) is 4.39 Å². The third kappa shape index (κ3) is 3.40. The van der Waals surface area contributed by atoms with Crippen molar-refractivity contribution in [2.24, 2.45) is 18.7 Å². The highest BCUT2D eigenvalue weighted by Gasteiger charge is 2.10. The first-order chi connectivity index (χ1) is 8.67. The minimum absolute atomic E-state index is 0.201. The first-order valence-corrected chi connectivity index (χ1v) is 6.10. The molecule has 1 unspecified atom stereocenters. The fourth-order valence-electron chi connectivity index (χ4n) is 2.06. The van der Waals surface area contributed by atoms with Crippen LogP contribution in [0.1, 0.15) is 11.3 Å². The molecule has 0 aliphatic heterocycles. The van der Waals surface area contributed by atoms with Crippen LogP contribution < -0.4 is 5.73 Å².